The highest BCUT2D eigenvalue weighted by Crippen LogP contribution is 2.47. The largest absolute Gasteiger partial charge is 0.395 e. The zero-order valence-corrected chi connectivity index (χ0v) is 23.8. The second kappa shape index (κ2) is 12.5. The summed E-state index contributed by atoms with van der Waals surface area (Å²) >= 11 is 0. The number of hydrogen-bond acceptors (Lipinski definition) is 4. The zero-order valence-electron chi connectivity index (χ0n) is 22.8. The molecule has 8 heteroatoms. The summed E-state index contributed by atoms with van der Waals surface area (Å²) in [5.74, 6) is 0.0538. The van der Waals surface area contributed by atoms with Crippen LogP contribution in [0.15, 0.2) is 54.6 Å². The first-order chi connectivity index (χ1) is 18.2. The van der Waals surface area contributed by atoms with Gasteiger partial charge in [0.25, 0.3) is 0 Å². The molecule has 6 nitrogen and oxygen atoms in total. The van der Waals surface area contributed by atoms with E-state index in [2.05, 4.69) is 19.1 Å². The van der Waals surface area contributed by atoms with Crippen molar-refractivity contribution in [3.05, 3.63) is 65.7 Å². The standard InChI is InChI=1S/C30H41FN2O4Si/c1-22-26(15-14-23-11-7-12-25(19-23)33-16-8-13-28(33)35)37-27(30(22)38(2,3)31)20-29(36)32(17-18-34)21-24-9-5-4-6-10-24/h4-7,9-12,19,22,26-27,30,34H,8,13-18,20-21H2,1-3H3/t22-,26+,27-,30+/m0/s1. The molecule has 2 aromatic carbocycles. The molecule has 2 aliphatic heterocycles. The van der Waals surface area contributed by atoms with Gasteiger partial charge in [-0.1, -0.05) is 49.4 Å². The third-order valence-corrected chi connectivity index (χ3v) is 10.5. The summed E-state index contributed by atoms with van der Waals surface area (Å²) in [5.41, 5.74) is 2.77. The molecule has 2 fully saturated rings. The molecule has 2 aromatic rings. The Hall–Kier alpha value is -2.55. The molecule has 4 atom stereocenters. The van der Waals surface area contributed by atoms with Crippen LogP contribution in [0.4, 0.5) is 9.80 Å². The lowest BCUT2D eigenvalue weighted by atomic mass is 9.95. The van der Waals surface area contributed by atoms with Gasteiger partial charge in [0.05, 0.1) is 25.2 Å². The molecule has 0 aliphatic carbocycles. The van der Waals surface area contributed by atoms with E-state index in [9.17, 15) is 14.7 Å². The van der Waals surface area contributed by atoms with Gasteiger partial charge in [0.15, 0.2) is 0 Å². The van der Waals surface area contributed by atoms with Gasteiger partial charge in [-0.25, -0.2) is 0 Å². The Labute approximate surface area is 227 Å². The number of ether oxygens (including phenoxy) is 1. The lowest BCUT2D eigenvalue weighted by molar-refractivity contribution is -0.135. The van der Waals surface area contributed by atoms with Crippen LogP contribution in [0.25, 0.3) is 0 Å². The number of rotatable bonds is 11. The molecule has 0 bridgehead atoms. The van der Waals surface area contributed by atoms with Crippen LogP contribution in [0.2, 0.25) is 18.6 Å². The highest BCUT2D eigenvalue weighted by molar-refractivity contribution is 6.72. The molecule has 0 aromatic heterocycles. The number of carbonyl (C=O) groups excluding carboxylic acids is 2. The smallest absolute Gasteiger partial charge is 0.246 e. The van der Waals surface area contributed by atoms with E-state index < -0.39 is 14.5 Å². The Morgan fingerprint density at radius 1 is 1.13 bits per heavy atom. The van der Waals surface area contributed by atoms with E-state index in [0.717, 1.165) is 42.6 Å². The number of carbonyl (C=O) groups is 2. The number of anilines is 1. The molecule has 4 rings (SSSR count). The second-order valence-electron chi connectivity index (χ2n) is 11.2. The minimum Gasteiger partial charge on any atom is -0.395 e. The molecular formula is C30H41FN2O4Si. The van der Waals surface area contributed by atoms with Gasteiger partial charge in [-0.3, -0.25) is 9.59 Å². The first-order valence-corrected chi connectivity index (χ1v) is 16.8. The number of hydrogen-bond donors (Lipinski definition) is 1. The van der Waals surface area contributed by atoms with Gasteiger partial charge in [-0.05, 0) is 61.5 Å². The lowest BCUT2D eigenvalue weighted by Crippen LogP contribution is -2.40. The maximum atomic E-state index is 15.6. The number of benzene rings is 2. The monoisotopic (exact) mass is 540 g/mol. The van der Waals surface area contributed by atoms with Crippen molar-refractivity contribution in [1.82, 2.24) is 4.90 Å². The number of aliphatic hydroxyl groups is 1. The van der Waals surface area contributed by atoms with Crippen molar-refractivity contribution in [3.8, 4) is 0 Å². The first-order valence-electron chi connectivity index (χ1n) is 13.8. The van der Waals surface area contributed by atoms with Gasteiger partial charge in [-0.2, -0.15) is 0 Å². The minimum atomic E-state index is -3.12. The molecule has 38 heavy (non-hydrogen) atoms. The van der Waals surface area contributed by atoms with E-state index in [1.807, 2.05) is 47.4 Å². The number of aliphatic hydroxyl groups excluding tert-OH is 1. The van der Waals surface area contributed by atoms with Gasteiger partial charge in [0.1, 0.15) is 0 Å². The van der Waals surface area contributed by atoms with Crippen LogP contribution >= 0.6 is 0 Å². The lowest BCUT2D eigenvalue weighted by Gasteiger charge is -2.30. The molecule has 0 unspecified atom stereocenters. The highest BCUT2D eigenvalue weighted by Gasteiger charge is 2.51. The molecule has 2 amide bonds. The quantitative estimate of drug-likeness (QED) is 0.318. The number of nitrogens with zero attached hydrogens (tertiary/aromatic N) is 2. The summed E-state index contributed by atoms with van der Waals surface area (Å²) < 4.78 is 22.0. The molecule has 0 spiro atoms. The van der Waals surface area contributed by atoms with E-state index in [-0.39, 0.29) is 48.9 Å². The van der Waals surface area contributed by atoms with Gasteiger partial charge in [-0.15, -0.1) is 0 Å². The van der Waals surface area contributed by atoms with Gasteiger partial charge < -0.3 is 23.8 Å². The third-order valence-electron chi connectivity index (χ3n) is 8.02. The summed E-state index contributed by atoms with van der Waals surface area (Å²) in [5, 5.41) is 9.57. The highest BCUT2D eigenvalue weighted by atomic mass is 28.4. The molecule has 2 aliphatic rings. The fourth-order valence-electron chi connectivity index (χ4n) is 6.20. The maximum absolute atomic E-state index is 15.6. The molecular weight excluding hydrogens is 499 g/mol. The molecule has 1 N–H and O–H groups in total. The molecule has 0 saturated carbocycles. The van der Waals surface area contributed by atoms with Crippen molar-refractivity contribution in [1.29, 1.82) is 0 Å². The number of aryl methyl sites for hydroxylation is 1. The van der Waals surface area contributed by atoms with Crippen LogP contribution in [0, 0.1) is 5.92 Å². The van der Waals surface area contributed by atoms with Gasteiger partial charge >= 0.3 is 0 Å². The average molecular weight is 541 g/mol. The summed E-state index contributed by atoms with van der Waals surface area (Å²) in [6.45, 7) is 6.75. The first kappa shape index (κ1) is 28.5. The second-order valence-corrected chi connectivity index (χ2v) is 15.0. The Morgan fingerprint density at radius 3 is 2.53 bits per heavy atom. The van der Waals surface area contributed by atoms with Crippen molar-refractivity contribution in [2.24, 2.45) is 5.92 Å². The van der Waals surface area contributed by atoms with Crippen LogP contribution in [0.5, 0.6) is 0 Å². The van der Waals surface area contributed by atoms with E-state index in [1.54, 1.807) is 18.0 Å². The zero-order chi connectivity index (χ0) is 27.3. The Morgan fingerprint density at radius 2 is 1.87 bits per heavy atom. The molecule has 0 radical (unpaired) electrons. The topological polar surface area (TPSA) is 70.1 Å². The summed E-state index contributed by atoms with van der Waals surface area (Å²) in [6.07, 6.45) is 2.49. The SMILES string of the molecule is C[C@@H]1[C@@H]([Si](C)(C)F)[C@H](CC(=O)N(CCO)Cc2ccccc2)O[C@@H]1CCc1cccc(N2CCCC2=O)c1. The molecule has 206 valence electrons. The van der Waals surface area contributed by atoms with E-state index in [4.69, 9.17) is 4.74 Å². The predicted molar refractivity (Wildman–Crippen MR) is 150 cm³/mol. The summed E-state index contributed by atoms with van der Waals surface area (Å²) in [6, 6.07) is 17.8. The van der Waals surface area contributed by atoms with E-state index in [1.165, 1.54) is 0 Å². The van der Waals surface area contributed by atoms with Crippen molar-refractivity contribution < 1.29 is 23.5 Å². The Balaban J connectivity index is 1.42. The van der Waals surface area contributed by atoms with E-state index in [0.29, 0.717) is 13.0 Å². The average Bonchev–Trinajstić information content (AvgIpc) is 3.45. The van der Waals surface area contributed by atoms with Crippen LogP contribution in [0.3, 0.4) is 0 Å². The van der Waals surface area contributed by atoms with Crippen LogP contribution in [0.1, 0.15) is 43.7 Å². The van der Waals surface area contributed by atoms with Crippen molar-refractivity contribution in [2.45, 2.75) is 76.4 Å². The number of halogens is 1. The molecule has 2 heterocycles. The Bertz CT molecular complexity index is 1090. The van der Waals surface area contributed by atoms with Crippen molar-refractivity contribution in [2.75, 3.05) is 24.6 Å². The molecule has 2 saturated heterocycles. The maximum Gasteiger partial charge on any atom is 0.246 e. The minimum absolute atomic E-state index is 0.00299. The van der Waals surface area contributed by atoms with Gasteiger partial charge in [0, 0.05) is 37.3 Å². The summed E-state index contributed by atoms with van der Waals surface area (Å²) in [7, 11) is -3.12. The van der Waals surface area contributed by atoms with E-state index >= 15 is 4.11 Å². The third kappa shape index (κ3) is 6.90. The predicted octanol–water partition coefficient (Wildman–Crippen LogP) is 5.11. The van der Waals surface area contributed by atoms with Crippen LogP contribution in [-0.4, -0.2) is 62.1 Å². The Kier molecular flexibility index (Phi) is 9.39. The number of amides is 2. The van der Waals surface area contributed by atoms with Crippen LogP contribution in [-0.2, 0) is 27.3 Å². The van der Waals surface area contributed by atoms with Crippen molar-refractivity contribution >= 4 is 25.9 Å². The van der Waals surface area contributed by atoms with Crippen molar-refractivity contribution in [3.63, 3.8) is 0 Å². The summed E-state index contributed by atoms with van der Waals surface area (Å²) in [4.78, 5) is 29.0. The van der Waals surface area contributed by atoms with Crippen LogP contribution < -0.4 is 4.90 Å². The normalized spacial score (nSPS) is 23.7. The fraction of sp³-hybridized carbons (Fsp3) is 0.533. The fourth-order valence-corrected chi connectivity index (χ4v) is 8.75. The van der Waals surface area contributed by atoms with Gasteiger partial charge in [0.2, 0.25) is 20.2 Å².